The lowest BCUT2D eigenvalue weighted by Crippen LogP contribution is -2.24. The average Bonchev–Trinajstić information content (AvgIpc) is 2.77. The average molecular weight is 225 g/mol. The molecule has 0 bridgehead atoms. The maximum absolute atomic E-state index is 13.9. The van der Waals surface area contributed by atoms with Gasteiger partial charge in [0.15, 0.2) is 11.6 Å². The minimum Gasteiger partial charge on any atom is -0.508 e. The van der Waals surface area contributed by atoms with Gasteiger partial charge in [-0.15, -0.1) is 0 Å². The molecule has 0 saturated carbocycles. The number of phenols is 1. The highest BCUT2D eigenvalue weighted by molar-refractivity contribution is 5.41. The number of rotatable bonds is 3. The van der Waals surface area contributed by atoms with Gasteiger partial charge in [-0.2, -0.15) is 0 Å². The van der Waals surface area contributed by atoms with Crippen LogP contribution in [0.5, 0.6) is 11.5 Å². The summed E-state index contributed by atoms with van der Waals surface area (Å²) in [6, 6.07) is 3.18. The van der Waals surface area contributed by atoms with E-state index in [1.165, 1.54) is 19.2 Å². The van der Waals surface area contributed by atoms with Gasteiger partial charge in [0.2, 0.25) is 0 Å². The number of ether oxygens (including phenoxy) is 1. The van der Waals surface area contributed by atoms with E-state index in [1.807, 2.05) is 0 Å². The molecule has 1 unspecified atom stereocenters. The van der Waals surface area contributed by atoms with Crippen LogP contribution in [-0.2, 0) is 6.42 Å². The van der Waals surface area contributed by atoms with Crippen LogP contribution in [0.3, 0.4) is 0 Å². The van der Waals surface area contributed by atoms with E-state index in [4.69, 9.17) is 4.74 Å². The van der Waals surface area contributed by atoms with Crippen LogP contribution < -0.4 is 10.1 Å². The van der Waals surface area contributed by atoms with Gasteiger partial charge in [-0.25, -0.2) is 4.39 Å². The molecule has 1 aromatic rings. The predicted molar refractivity (Wildman–Crippen MR) is 59.3 cm³/mol. The van der Waals surface area contributed by atoms with Crippen molar-refractivity contribution in [3.05, 3.63) is 23.5 Å². The van der Waals surface area contributed by atoms with E-state index < -0.39 is 5.82 Å². The maximum Gasteiger partial charge on any atom is 0.171 e. The summed E-state index contributed by atoms with van der Waals surface area (Å²) in [5, 5.41) is 12.9. The lowest BCUT2D eigenvalue weighted by molar-refractivity contribution is 0.376. The molecule has 0 amide bonds. The van der Waals surface area contributed by atoms with Gasteiger partial charge in [0.1, 0.15) is 5.75 Å². The van der Waals surface area contributed by atoms with Crippen molar-refractivity contribution in [3.8, 4) is 11.5 Å². The second-order valence-electron chi connectivity index (χ2n) is 4.08. The number of hydrogen-bond acceptors (Lipinski definition) is 3. The van der Waals surface area contributed by atoms with E-state index in [9.17, 15) is 9.50 Å². The maximum atomic E-state index is 13.9. The second kappa shape index (κ2) is 4.70. The minimum absolute atomic E-state index is 0.00648. The van der Waals surface area contributed by atoms with E-state index >= 15 is 0 Å². The smallest absolute Gasteiger partial charge is 0.171 e. The summed E-state index contributed by atoms with van der Waals surface area (Å²) in [4.78, 5) is 0. The van der Waals surface area contributed by atoms with Gasteiger partial charge >= 0.3 is 0 Å². The van der Waals surface area contributed by atoms with Gasteiger partial charge in [-0.3, -0.25) is 0 Å². The van der Waals surface area contributed by atoms with Crippen LogP contribution in [0.2, 0.25) is 0 Å². The highest BCUT2D eigenvalue weighted by Gasteiger charge is 2.20. The van der Waals surface area contributed by atoms with Crippen LogP contribution in [0.25, 0.3) is 0 Å². The molecule has 0 spiro atoms. The van der Waals surface area contributed by atoms with Gasteiger partial charge in [0.25, 0.3) is 0 Å². The Labute approximate surface area is 94.2 Å². The molecule has 0 radical (unpaired) electrons. The SMILES string of the molecule is COc1ccc(O)c(CC2CCCN2)c1F. The van der Waals surface area contributed by atoms with E-state index in [2.05, 4.69) is 5.32 Å². The third-order valence-electron chi connectivity index (χ3n) is 3.02. The first-order valence-electron chi connectivity index (χ1n) is 5.50. The molecule has 88 valence electrons. The summed E-state index contributed by atoms with van der Waals surface area (Å²) in [5.74, 6) is -0.256. The van der Waals surface area contributed by atoms with Crippen molar-refractivity contribution in [3.63, 3.8) is 0 Å². The quantitative estimate of drug-likeness (QED) is 0.824. The van der Waals surface area contributed by atoms with Crippen molar-refractivity contribution in [2.24, 2.45) is 0 Å². The lowest BCUT2D eigenvalue weighted by Gasteiger charge is -2.13. The van der Waals surface area contributed by atoms with Crippen molar-refractivity contribution in [2.75, 3.05) is 13.7 Å². The van der Waals surface area contributed by atoms with E-state index in [0.717, 1.165) is 19.4 Å². The third kappa shape index (κ3) is 2.11. The number of aromatic hydroxyl groups is 1. The van der Waals surface area contributed by atoms with Crippen LogP contribution >= 0.6 is 0 Å². The zero-order valence-corrected chi connectivity index (χ0v) is 9.29. The Morgan fingerprint density at radius 1 is 1.56 bits per heavy atom. The Hall–Kier alpha value is -1.29. The summed E-state index contributed by atoms with van der Waals surface area (Å²) in [5.41, 5.74) is 0.346. The molecule has 1 aliphatic rings. The van der Waals surface area contributed by atoms with E-state index in [1.54, 1.807) is 0 Å². The van der Waals surface area contributed by atoms with Crippen LogP contribution in [0.15, 0.2) is 12.1 Å². The first-order chi connectivity index (χ1) is 7.72. The fraction of sp³-hybridized carbons (Fsp3) is 0.500. The molecule has 0 aliphatic carbocycles. The first kappa shape index (κ1) is 11.2. The lowest BCUT2D eigenvalue weighted by atomic mass is 10.0. The summed E-state index contributed by atoms with van der Waals surface area (Å²) in [6.07, 6.45) is 2.64. The Balaban J connectivity index is 2.23. The summed E-state index contributed by atoms with van der Waals surface area (Å²) >= 11 is 0. The molecule has 2 rings (SSSR count). The summed E-state index contributed by atoms with van der Waals surface area (Å²) in [7, 11) is 1.42. The first-order valence-corrected chi connectivity index (χ1v) is 5.50. The number of nitrogens with one attached hydrogen (secondary N) is 1. The normalized spacial score (nSPS) is 20.0. The van der Waals surface area contributed by atoms with Gasteiger partial charge in [-0.05, 0) is 37.9 Å². The molecule has 16 heavy (non-hydrogen) atoms. The van der Waals surface area contributed by atoms with Gasteiger partial charge < -0.3 is 15.2 Å². The topological polar surface area (TPSA) is 41.5 Å². The molecule has 1 atom stereocenters. The molecule has 1 aliphatic heterocycles. The number of halogens is 1. The molecule has 1 aromatic carbocycles. The summed E-state index contributed by atoms with van der Waals surface area (Å²) < 4.78 is 18.8. The highest BCUT2D eigenvalue weighted by atomic mass is 19.1. The van der Waals surface area contributed by atoms with E-state index in [0.29, 0.717) is 12.0 Å². The number of methoxy groups -OCH3 is 1. The molecular formula is C12H16FNO2. The van der Waals surface area contributed by atoms with Crippen LogP contribution in [0.4, 0.5) is 4.39 Å². The minimum atomic E-state index is -0.448. The second-order valence-corrected chi connectivity index (χ2v) is 4.08. The van der Waals surface area contributed by atoms with Crippen molar-refractivity contribution in [1.29, 1.82) is 0 Å². The fourth-order valence-corrected chi connectivity index (χ4v) is 2.12. The molecule has 1 saturated heterocycles. The van der Waals surface area contributed by atoms with Crippen LogP contribution in [0, 0.1) is 5.82 Å². The largest absolute Gasteiger partial charge is 0.508 e. The molecule has 0 aromatic heterocycles. The van der Waals surface area contributed by atoms with E-state index in [-0.39, 0.29) is 17.5 Å². The number of phenolic OH excluding ortho intramolecular Hbond substituents is 1. The zero-order valence-electron chi connectivity index (χ0n) is 9.29. The monoisotopic (exact) mass is 225 g/mol. The fourth-order valence-electron chi connectivity index (χ4n) is 2.12. The predicted octanol–water partition coefficient (Wildman–Crippen LogP) is 1.83. The highest BCUT2D eigenvalue weighted by Crippen LogP contribution is 2.30. The van der Waals surface area contributed by atoms with Crippen LogP contribution in [-0.4, -0.2) is 24.8 Å². The molecule has 1 fully saturated rings. The summed E-state index contributed by atoms with van der Waals surface area (Å²) in [6.45, 7) is 0.969. The van der Waals surface area contributed by atoms with Gasteiger partial charge in [0.05, 0.1) is 7.11 Å². The van der Waals surface area contributed by atoms with Crippen molar-refractivity contribution in [1.82, 2.24) is 5.32 Å². The Bertz CT molecular complexity index is 376. The standard InChI is InChI=1S/C12H16FNO2/c1-16-11-5-4-10(15)9(12(11)13)7-8-3-2-6-14-8/h4-5,8,14-15H,2-3,6-7H2,1H3. The molecule has 4 heteroatoms. The Morgan fingerprint density at radius 2 is 2.38 bits per heavy atom. The number of hydrogen-bond donors (Lipinski definition) is 2. The van der Waals surface area contributed by atoms with Gasteiger partial charge in [-0.1, -0.05) is 0 Å². The molecular weight excluding hydrogens is 209 g/mol. The van der Waals surface area contributed by atoms with Crippen LogP contribution in [0.1, 0.15) is 18.4 Å². The molecule has 3 nitrogen and oxygen atoms in total. The third-order valence-corrected chi connectivity index (χ3v) is 3.02. The number of benzene rings is 1. The Kier molecular flexibility index (Phi) is 3.29. The Morgan fingerprint density at radius 3 is 3.00 bits per heavy atom. The molecule has 2 N–H and O–H groups in total. The van der Waals surface area contributed by atoms with Crippen molar-refractivity contribution < 1.29 is 14.2 Å². The molecule has 1 heterocycles. The van der Waals surface area contributed by atoms with Crippen molar-refractivity contribution in [2.45, 2.75) is 25.3 Å². The van der Waals surface area contributed by atoms with Crippen molar-refractivity contribution >= 4 is 0 Å². The van der Waals surface area contributed by atoms with Gasteiger partial charge in [0, 0.05) is 11.6 Å². The zero-order chi connectivity index (χ0) is 11.5.